The second kappa shape index (κ2) is 4.67. The number of thioether (sulfide) groups is 1. The van der Waals surface area contributed by atoms with E-state index >= 15 is 0 Å². The predicted octanol–water partition coefficient (Wildman–Crippen LogP) is 2.91. The zero-order chi connectivity index (χ0) is 9.80. The number of hydrogen-bond donors (Lipinski definition) is 0. The van der Waals surface area contributed by atoms with Gasteiger partial charge in [-0.25, -0.2) is 0 Å². The molecule has 0 bridgehead atoms. The van der Waals surface area contributed by atoms with Crippen LogP contribution in [0.25, 0.3) is 0 Å². The summed E-state index contributed by atoms with van der Waals surface area (Å²) in [7, 11) is 0. The molecule has 0 N–H and O–H groups in total. The van der Waals surface area contributed by atoms with Gasteiger partial charge in [-0.1, -0.05) is 24.3 Å². The van der Waals surface area contributed by atoms with Crippen LogP contribution in [0.4, 0.5) is 0 Å². The Morgan fingerprint density at radius 2 is 2.36 bits per heavy atom. The Morgan fingerprint density at radius 3 is 3.14 bits per heavy atom. The molecule has 0 fully saturated rings. The van der Waals surface area contributed by atoms with Crippen LogP contribution in [0.3, 0.4) is 0 Å². The number of rotatable bonds is 4. The van der Waals surface area contributed by atoms with Crippen molar-refractivity contribution in [3.8, 4) is 0 Å². The fourth-order valence-corrected chi connectivity index (χ4v) is 2.88. The summed E-state index contributed by atoms with van der Waals surface area (Å²) in [6, 6.07) is 8.59. The van der Waals surface area contributed by atoms with E-state index in [0.717, 1.165) is 13.0 Å². The van der Waals surface area contributed by atoms with E-state index in [1.807, 2.05) is 11.8 Å². The first-order chi connectivity index (χ1) is 6.90. The van der Waals surface area contributed by atoms with Gasteiger partial charge in [0.25, 0.3) is 0 Å². The Labute approximate surface area is 89.2 Å². The third kappa shape index (κ3) is 2.20. The summed E-state index contributed by atoms with van der Waals surface area (Å²) >= 11 is 1.93. The van der Waals surface area contributed by atoms with E-state index in [4.69, 9.17) is 4.74 Å². The van der Waals surface area contributed by atoms with E-state index in [1.165, 1.54) is 10.5 Å². The highest BCUT2D eigenvalue weighted by molar-refractivity contribution is 8.00. The molecule has 0 saturated carbocycles. The molecule has 1 aromatic rings. The van der Waals surface area contributed by atoms with E-state index in [2.05, 4.69) is 30.8 Å². The molecule has 0 saturated heterocycles. The van der Waals surface area contributed by atoms with Gasteiger partial charge in [-0.3, -0.25) is 0 Å². The minimum Gasteiger partial charge on any atom is -0.376 e. The molecule has 1 atom stereocenters. The molecular weight excluding hydrogens is 192 g/mol. The highest BCUT2D eigenvalue weighted by Crippen LogP contribution is 2.36. The zero-order valence-corrected chi connectivity index (χ0v) is 8.93. The molecule has 74 valence electrons. The van der Waals surface area contributed by atoms with E-state index in [9.17, 15) is 0 Å². The predicted molar refractivity (Wildman–Crippen MR) is 60.8 cm³/mol. The minimum absolute atomic E-state index is 0.590. The normalized spacial score (nSPS) is 19.3. The summed E-state index contributed by atoms with van der Waals surface area (Å²) in [6.45, 7) is 5.12. The third-order valence-corrected chi connectivity index (χ3v) is 3.54. The Bertz CT molecular complexity index is 297. The smallest absolute Gasteiger partial charge is 0.0645 e. The zero-order valence-electron chi connectivity index (χ0n) is 8.11. The van der Waals surface area contributed by atoms with Gasteiger partial charge in [-0.2, -0.15) is 0 Å². The van der Waals surface area contributed by atoms with Gasteiger partial charge in [0, 0.05) is 10.1 Å². The lowest BCUT2D eigenvalue weighted by molar-refractivity contribution is 0.164. The standard InChI is InChI=1S/C12H14OS/c1-2-7-13-9-11-8-10-5-3-4-6-12(10)14-11/h2-6,11H,1,7-9H2. The second-order valence-electron chi connectivity index (χ2n) is 3.38. The summed E-state index contributed by atoms with van der Waals surface area (Å²) in [5, 5.41) is 0.590. The maximum Gasteiger partial charge on any atom is 0.0645 e. The van der Waals surface area contributed by atoms with E-state index < -0.39 is 0 Å². The fourth-order valence-electron chi connectivity index (χ4n) is 1.63. The monoisotopic (exact) mass is 206 g/mol. The van der Waals surface area contributed by atoms with Crippen molar-refractivity contribution in [2.45, 2.75) is 16.6 Å². The molecule has 0 amide bonds. The van der Waals surface area contributed by atoms with Crippen LogP contribution in [0.2, 0.25) is 0 Å². The topological polar surface area (TPSA) is 9.23 Å². The van der Waals surface area contributed by atoms with Crippen LogP contribution in [0, 0.1) is 0 Å². The van der Waals surface area contributed by atoms with Gasteiger partial charge in [0.1, 0.15) is 0 Å². The van der Waals surface area contributed by atoms with Crippen LogP contribution < -0.4 is 0 Å². The first-order valence-electron chi connectivity index (χ1n) is 4.83. The molecule has 14 heavy (non-hydrogen) atoms. The maximum absolute atomic E-state index is 5.46. The van der Waals surface area contributed by atoms with Crippen molar-refractivity contribution < 1.29 is 4.74 Å². The first kappa shape index (κ1) is 9.81. The van der Waals surface area contributed by atoms with Crippen LogP contribution in [0.5, 0.6) is 0 Å². The number of fused-ring (bicyclic) bond motifs is 1. The molecule has 0 radical (unpaired) electrons. The maximum atomic E-state index is 5.46. The highest BCUT2D eigenvalue weighted by Gasteiger charge is 2.21. The quantitative estimate of drug-likeness (QED) is 0.553. The summed E-state index contributed by atoms with van der Waals surface area (Å²) in [6.07, 6.45) is 2.94. The van der Waals surface area contributed by atoms with Gasteiger partial charge >= 0.3 is 0 Å². The lowest BCUT2D eigenvalue weighted by atomic mass is 10.1. The summed E-state index contributed by atoms with van der Waals surface area (Å²) in [4.78, 5) is 1.42. The van der Waals surface area contributed by atoms with Gasteiger partial charge in [0.15, 0.2) is 0 Å². The lowest BCUT2D eigenvalue weighted by Gasteiger charge is -2.07. The van der Waals surface area contributed by atoms with Crippen molar-refractivity contribution in [2.24, 2.45) is 0 Å². The van der Waals surface area contributed by atoms with Crippen molar-refractivity contribution in [1.29, 1.82) is 0 Å². The molecule has 1 heterocycles. The van der Waals surface area contributed by atoms with E-state index in [-0.39, 0.29) is 0 Å². The Hall–Kier alpha value is -0.730. The summed E-state index contributed by atoms with van der Waals surface area (Å²) in [5.41, 5.74) is 1.46. The molecule has 0 spiro atoms. The summed E-state index contributed by atoms with van der Waals surface area (Å²) < 4.78 is 5.46. The largest absolute Gasteiger partial charge is 0.376 e. The van der Waals surface area contributed by atoms with Crippen LogP contribution in [0.1, 0.15) is 5.56 Å². The Morgan fingerprint density at radius 1 is 1.50 bits per heavy atom. The lowest BCUT2D eigenvalue weighted by Crippen LogP contribution is -2.10. The molecule has 1 nitrogen and oxygen atoms in total. The molecule has 1 unspecified atom stereocenters. The Kier molecular flexibility index (Phi) is 3.27. The number of ether oxygens (including phenoxy) is 1. The van der Waals surface area contributed by atoms with Crippen molar-refractivity contribution >= 4 is 11.8 Å². The molecule has 0 aromatic heterocycles. The fraction of sp³-hybridized carbons (Fsp3) is 0.333. The van der Waals surface area contributed by atoms with Crippen LogP contribution >= 0.6 is 11.8 Å². The number of benzene rings is 1. The van der Waals surface area contributed by atoms with Crippen molar-refractivity contribution in [3.63, 3.8) is 0 Å². The number of hydrogen-bond acceptors (Lipinski definition) is 2. The second-order valence-corrected chi connectivity index (χ2v) is 4.72. The molecule has 1 aromatic carbocycles. The molecule has 0 aliphatic carbocycles. The van der Waals surface area contributed by atoms with Gasteiger partial charge in [0.05, 0.1) is 13.2 Å². The van der Waals surface area contributed by atoms with Crippen molar-refractivity contribution in [3.05, 3.63) is 42.5 Å². The molecular formula is C12H14OS. The van der Waals surface area contributed by atoms with Gasteiger partial charge in [0.2, 0.25) is 0 Å². The molecule has 1 aliphatic heterocycles. The molecule has 2 heteroatoms. The van der Waals surface area contributed by atoms with Crippen molar-refractivity contribution in [1.82, 2.24) is 0 Å². The van der Waals surface area contributed by atoms with E-state index in [0.29, 0.717) is 11.9 Å². The van der Waals surface area contributed by atoms with Gasteiger partial charge < -0.3 is 4.74 Å². The van der Waals surface area contributed by atoms with Gasteiger partial charge in [-0.15, -0.1) is 18.3 Å². The molecule has 2 rings (SSSR count). The van der Waals surface area contributed by atoms with Crippen LogP contribution in [-0.4, -0.2) is 18.5 Å². The third-order valence-electron chi connectivity index (χ3n) is 2.25. The average molecular weight is 206 g/mol. The SMILES string of the molecule is C=CCOCC1Cc2ccccc2S1. The highest BCUT2D eigenvalue weighted by atomic mass is 32.2. The van der Waals surface area contributed by atoms with Crippen molar-refractivity contribution in [2.75, 3.05) is 13.2 Å². The van der Waals surface area contributed by atoms with E-state index in [1.54, 1.807) is 6.08 Å². The molecule has 1 aliphatic rings. The van der Waals surface area contributed by atoms with Crippen LogP contribution in [0.15, 0.2) is 41.8 Å². The van der Waals surface area contributed by atoms with Gasteiger partial charge in [-0.05, 0) is 18.1 Å². The average Bonchev–Trinajstić information content (AvgIpc) is 2.60. The summed E-state index contributed by atoms with van der Waals surface area (Å²) in [5.74, 6) is 0. The Balaban J connectivity index is 1.88. The minimum atomic E-state index is 0.590. The first-order valence-corrected chi connectivity index (χ1v) is 5.71. The van der Waals surface area contributed by atoms with Crippen LogP contribution in [-0.2, 0) is 11.2 Å².